The van der Waals surface area contributed by atoms with Crippen molar-refractivity contribution in [2.24, 2.45) is 0 Å². The number of esters is 2. The molecule has 1 N–H and O–H groups in total. The molecule has 2 spiro atoms. The van der Waals surface area contributed by atoms with E-state index in [0.29, 0.717) is 0 Å². The first-order chi connectivity index (χ1) is 37.5. The second-order valence-electron chi connectivity index (χ2n) is 29.5. The predicted octanol–water partition coefficient (Wildman–Crippen LogP) is 17.3. The summed E-state index contributed by atoms with van der Waals surface area (Å²) in [5.41, 5.74) is 1.62. The molecule has 28 aromatic carbocycles. The van der Waals surface area contributed by atoms with E-state index < -0.39 is 34.1 Å². The van der Waals surface area contributed by atoms with Crippen molar-refractivity contribution >= 4 is 303 Å². The number of rotatable bonds is 2. The molecule has 0 amide bonds. The molecule has 0 aromatic heterocycles. The van der Waals surface area contributed by atoms with Crippen LogP contribution in [0.1, 0.15) is 63.8 Å². The number of hydrogen-bond donors (Lipinski definition) is 1. The van der Waals surface area contributed by atoms with Crippen LogP contribution < -0.4 is 5.32 Å². The van der Waals surface area contributed by atoms with Gasteiger partial charge in [0.15, 0.2) is 0 Å². The van der Waals surface area contributed by atoms with Crippen molar-refractivity contribution in [3.63, 3.8) is 0 Å². The predicted molar refractivity (Wildman–Crippen MR) is 316 cm³/mol. The van der Waals surface area contributed by atoms with E-state index in [1.54, 1.807) is 75.4 Å². The van der Waals surface area contributed by atoms with E-state index in [4.69, 9.17) is 9.47 Å². The van der Waals surface area contributed by atoms with Gasteiger partial charge in [-0.05, 0) is 355 Å². The van der Waals surface area contributed by atoms with Gasteiger partial charge in [-0.2, -0.15) is 0 Å². The second-order valence-corrected chi connectivity index (χ2v) is 29.5. The second kappa shape index (κ2) is 7.10. The van der Waals surface area contributed by atoms with E-state index >= 15 is 9.59 Å². The van der Waals surface area contributed by atoms with Crippen LogP contribution in [0.25, 0.3) is 291 Å². The fraction of sp³-hybridized carbons (Fsp3) is 0.167. The number of benzene rings is 18. The quantitative estimate of drug-likeness (QED) is 0.138. The van der Waals surface area contributed by atoms with Gasteiger partial charge in [0.1, 0.15) is 23.3 Å². The highest BCUT2D eigenvalue weighted by molar-refractivity contribution is 6.82. The Kier molecular flexibility index (Phi) is 2.90. The average molecular weight is 964 g/mol. The van der Waals surface area contributed by atoms with Gasteiger partial charge in [-0.25, -0.2) is 0 Å². The molecule has 0 radical (unpaired) electrons. The minimum absolute atomic E-state index is 0.263. The SMILES string of the molecule is CC(C)(C)OC(=O)C1NC(C(=O)OC(C)(C)C)C23c4c5c6c7c8c9c(c%10c%11c2c2c4c4c%12c5c5c6c6c8c8c%13c9c9c%10c%10c%11c%11c2c2c4c4c%12c%12c5c5c6c8c6c8c%13c9c9c%10c%10c%11c2c2c4c4c%12c5c6c5c8c9c%10c2c45)C713. The van der Waals surface area contributed by atoms with Crippen LogP contribution in [0.4, 0.5) is 0 Å². The number of carbonyl (C=O) groups is 2. The summed E-state index contributed by atoms with van der Waals surface area (Å²) in [6, 6.07) is -1.79. The molecule has 77 heavy (non-hydrogen) atoms. The van der Waals surface area contributed by atoms with Crippen LogP contribution in [0.15, 0.2) is 0 Å². The van der Waals surface area contributed by atoms with Crippen molar-refractivity contribution in [3.8, 4) is 0 Å². The van der Waals surface area contributed by atoms with Crippen molar-refractivity contribution < 1.29 is 19.1 Å². The summed E-state index contributed by atoms with van der Waals surface area (Å²) < 4.78 is 13.9. The zero-order valence-electron chi connectivity index (χ0n) is 41.3. The summed E-state index contributed by atoms with van der Waals surface area (Å²) in [7, 11) is 0. The standard InChI is InChI=1S/C72H21NO4/c1-69(2,3)76-67(74)65-71-61-53-45-35-25-17-9-7-8-11-15-13(9)21-29-23(15)33-27-19(11)20-12(8)16-14-10(7)18(17)26-32-22(14)30-24(16)34-28(20)38-37(27)47-41(33)51-43(29)49(39(45)31(21)25)57(61)59(51)63-55(47)56-48(38)42(34)52-44(30)50-40(32)46(36(26)35)54(53)62(71)58(50)60(52)64(56)72(63,71)66(73-65)68(75)77-70(4,5)6/h65-66,73H,1-6H3. The molecule has 338 valence electrons. The van der Waals surface area contributed by atoms with Crippen molar-refractivity contribution in [2.75, 3.05) is 0 Å². The largest absolute Gasteiger partial charge is 0.459 e. The Morgan fingerprint density at radius 1 is 0.247 bits per heavy atom. The lowest BCUT2D eigenvalue weighted by atomic mass is 9.46. The van der Waals surface area contributed by atoms with Gasteiger partial charge in [-0.15, -0.1) is 0 Å². The molecule has 2 unspecified atom stereocenters. The van der Waals surface area contributed by atoms with Crippen LogP contribution in [0.3, 0.4) is 0 Å². The number of nitrogens with one attached hydrogen (secondary N) is 1. The van der Waals surface area contributed by atoms with Gasteiger partial charge in [-0.1, -0.05) is 0 Å². The van der Waals surface area contributed by atoms with Gasteiger partial charge in [0.25, 0.3) is 0 Å². The number of carbonyl (C=O) groups excluding carboxylic acids is 2. The minimum Gasteiger partial charge on any atom is -0.459 e. The summed E-state index contributed by atoms with van der Waals surface area (Å²) >= 11 is 0. The van der Waals surface area contributed by atoms with E-state index in [-0.39, 0.29) is 11.9 Å². The molecule has 0 bridgehead atoms. The fourth-order valence-electron chi connectivity index (χ4n) is 26.0. The summed E-state index contributed by atoms with van der Waals surface area (Å²) in [6.45, 7) is 12.1. The van der Waals surface area contributed by atoms with E-state index in [2.05, 4.69) is 5.32 Å². The zero-order valence-corrected chi connectivity index (χ0v) is 41.3. The van der Waals surface area contributed by atoms with Crippen molar-refractivity contribution in [3.05, 3.63) is 22.3 Å². The van der Waals surface area contributed by atoms with Gasteiger partial charge < -0.3 is 9.47 Å². The molecule has 1 fully saturated rings. The van der Waals surface area contributed by atoms with Gasteiger partial charge in [0.05, 0.1) is 10.8 Å². The maximum atomic E-state index is 16.6. The third kappa shape index (κ3) is 1.81. The molecular formula is C72H21NO4. The Morgan fingerprint density at radius 3 is 0.481 bits per heavy atom. The summed E-state index contributed by atoms with van der Waals surface area (Å²) in [4.78, 5) is 33.2. The lowest BCUT2D eigenvalue weighted by molar-refractivity contribution is -0.159. The Bertz CT molecular complexity index is 6920. The molecule has 1 aliphatic heterocycles. The molecule has 1 saturated heterocycles. The lowest BCUT2D eigenvalue weighted by Crippen LogP contribution is -2.59. The summed E-state index contributed by atoms with van der Waals surface area (Å²) in [5, 5.41) is 84.6. The number of ether oxygens (including phenoxy) is 2. The summed E-state index contributed by atoms with van der Waals surface area (Å²) in [5.74, 6) is -0.527. The highest BCUT2D eigenvalue weighted by Gasteiger charge is 2.80. The van der Waals surface area contributed by atoms with Crippen LogP contribution >= 0.6 is 0 Å². The Hall–Kier alpha value is -8.64. The van der Waals surface area contributed by atoms with E-state index in [9.17, 15) is 0 Å². The summed E-state index contributed by atoms with van der Waals surface area (Å²) in [6.07, 6.45) is 0. The van der Waals surface area contributed by atoms with Gasteiger partial charge in [-0.3, -0.25) is 14.9 Å². The normalized spacial score (nSPS) is 23.9. The van der Waals surface area contributed by atoms with Crippen LogP contribution in [0.5, 0.6) is 0 Å². The molecule has 28 aromatic rings. The molecule has 33 rings (SSSR count). The van der Waals surface area contributed by atoms with Crippen molar-refractivity contribution in [2.45, 2.75) is 75.7 Å². The zero-order chi connectivity index (χ0) is 47.9. The van der Waals surface area contributed by atoms with Crippen LogP contribution in [-0.2, 0) is 29.9 Å². The smallest absolute Gasteiger partial charge is 0.325 e. The third-order valence-corrected chi connectivity index (χ3v) is 25.9. The van der Waals surface area contributed by atoms with Crippen LogP contribution in [0, 0.1) is 0 Å². The van der Waals surface area contributed by atoms with E-state index in [1.165, 1.54) is 238 Å². The topological polar surface area (TPSA) is 64.6 Å². The van der Waals surface area contributed by atoms with Gasteiger partial charge in [0.2, 0.25) is 0 Å². The van der Waals surface area contributed by atoms with Gasteiger partial charge in [0, 0.05) is 0 Å². The molecule has 0 saturated carbocycles. The first-order valence-electron chi connectivity index (χ1n) is 28.5. The number of hydrogen-bond acceptors (Lipinski definition) is 5. The van der Waals surface area contributed by atoms with E-state index in [1.807, 2.05) is 41.5 Å². The maximum Gasteiger partial charge on any atom is 0.325 e. The lowest BCUT2D eigenvalue weighted by Gasteiger charge is -2.52. The molecule has 1 heterocycles. The monoisotopic (exact) mass is 963 g/mol. The van der Waals surface area contributed by atoms with Gasteiger partial charge >= 0.3 is 11.9 Å². The highest BCUT2D eigenvalue weighted by atomic mass is 16.6. The minimum atomic E-state index is -1.05. The molecule has 2 atom stereocenters. The van der Waals surface area contributed by atoms with Crippen LogP contribution in [0.2, 0.25) is 0 Å². The van der Waals surface area contributed by atoms with E-state index in [0.717, 1.165) is 0 Å². The van der Waals surface area contributed by atoms with Crippen LogP contribution in [-0.4, -0.2) is 35.2 Å². The highest BCUT2D eigenvalue weighted by Crippen LogP contribution is 2.86. The Balaban J connectivity index is 1.11. The molecule has 5 aliphatic rings. The maximum absolute atomic E-state index is 16.6. The third-order valence-electron chi connectivity index (χ3n) is 25.9. The molecule has 5 heteroatoms. The molecule has 4 aliphatic carbocycles. The molecular weight excluding hydrogens is 943 g/mol. The van der Waals surface area contributed by atoms with Crippen molar-refractivity contribution in [1.29, 1.82) is 0 Å². The average Bonchev–Trinajstić information content (AvgIpc) is 1.90. The fourth-order valence-corrected chi connectivity index (χ4v) is 26.0. The Labute approximate surface area is 422 Å². The Morgan fingerprint density at radius 2 is 0.364 bits per heavy atom. The first kappa shape index (κ1) is 31.4. The van der Waals surface area contributed by atoms with Crippen molar-refractivity contribution in [1.82, 2.24) is 5.32 Å². The molecule has 5 nitrogen and oxygen atoms in total. The first-order valence-corrected chi connectivity index (χ1v) is 28.5.